The molecule has 10 heterocycles. The second-order valence-electron chi connectivity index (χ2n) is 37.7. The molecule has 100 heavy (non-hydrogen) atoms. The molecule has 0 fully saturated rings. The first-order valence-electron chi connectivity index (χ1n) is 36.6. The molecule has 514 valence electrons. The van der Waals surface area contributed by atoms with E-state index in [1.54, 1.807) is 0 Å². The van der Waals surface area contributed by atoms with Crippen molar-refractivity contribution in [1.82, 2.24) is 20.6 Å². The fourth-order valence-corrected chi connectivity index (χ4v) is 14.9. The van der Waals surface area contributed by atoms with Crippen LogP contribution >= 0.6 is 0 Å². The van der Waals surface area contributed by atoms with E-state index in [1.807, 2.05) is 0 Å². The summed E-state index contributed by atoms with van der Waals surface area (Å²) in [5.74, 6) is 0. The SMILES string of the molecule is CC(C)(C)c1cc(/C2=C3\C=CC(N3)C3=N/C(=C(/c4cc(C(C)(C)C)cc(C(C)(C)C)c4)c4ccc([nH]4)C4C=CC2=N4)C=C3C2=C/C3=C(\c4cc(C(C)(C)C)cc(C(C)(C)C)c4)C4=NC(C=C4)C4=N/C(=C(/c5cc(C(C)(C)C)cc(C(C)(C)C)c5)c5ccc([nH]5)C2N3)C=C4)cc(C(C)(C)C)c1. The first kappa shape index (κ1) is 68.3. The van der Waals surface area contributed by atoms with E-state index in [1.165, 1.54) is 44.5 Å². The Labute approximate surface area is 597 Å². The lowest BCUT2D eigenvalue weighted by Gasteiger charge is -2.27. The summed E-state index contributed by atoms with van der Waals surface area (Å²) in [5.41, 5.74) is 31.8. The molecule has 8 heteroatoms. The zero-order valence-electron chi connectivity index (χ0n) is 64.1. The zero-order valence-corrected chi connectivity index (χ0v) is 64.1. The van der Waals surface area contributed by atoms with Gasteiger partial charge in [-0.1, -0.05) is 257 Å². The Morgan fingerprint density at radius 3 is 1.17 bits per heavy atom. The third-order valence-corrected chi connectivity index (χ3v) is 21.4. The van der Waals surface area contributed by atoms with E-state index in [-0.39, 0.29) is 67.5 Å². The third-order valence-electron chi connectivity index (χ3n) is 21.4. The number of hydrogen-bond donors (Lipinski definition) is 4. The summed E-state index contributed by atoms with van der Waals surface area (Å²) in [6.07, 6.45) is 22.9. The van der Waals surface area contributed by atoms with Crippen molar-refractivity contribution in [3.63, 3.8) is 0 Å². The van der Waals surface area contributed by atoms with Gasteiger partial charge in [-0.15, -0.1) is 0 Å². The molecule has 4 aromatic carbocycles. The van der Waals surface area contributed by atoms with E-state index in [2.05, 4.69) is 345 Å². The minimum absolute atomic E-state index is 0.106. The van der Waals surface area contributed by atoms with E-state index in [4.69, 9.17) is 20.0 Å². The van der Waals surface area contributed by atoms with Gasteiger partial charge < -0.3 is 20.6 Å². The molecule has 8 aliphatic heterocycles. The summed E-state index contributed by atoms with van der Waals surface area (Å²) >= 11 is 0. The number of aliphatic imine (C=N–C) groups is 4. The van der Waals surface area contributed by atoms with Gasteiger partial charge >= 0.3 is 0 Å². The number of fused-ring (bicyclic) bond motifs is 16. The summed E-state index contributed by atoms with van der Waals surface area (Å²) in [5, 5.41) is 8.56. The quantitative estimate of drug-likeness (QED) is 0.138. The molecule has 8 aliphatic rings. The van der Waals surface area contributed by atoms with Gasteiger partial charge in [-0.25, -0.2) is 4.99 Å². The summed E-state index contributed by atoms with van der Waals surface area (Å²) < 4.78 is 0. The van der Waals surface area contributed by atoms with Crippen molar-refractivity contribution in [3.8, 4) is 0 Å². The Kier molecular flexibility index (Phi) is 15.9. The van der Waals surface area contributed by atoms with Gasteiger partial charge in [-0.3, -0.25) is 15.0 Å². The second-order valence-corrected chi connectivity index (χ2v) is 37.7. The molecule has 0 aliphatic carbocycles. The van der Waals surface area contributed by atoms with Crippen molar-refractivity contribution in [2.75, 3.05) is 0 Å². The van der Waals surface area contributed by atoms with Crippen LogP contribution in [0.3, 0.4) is 0 Å². The molecule has 0 saturated carbocycles. The third kappa shape index (κ3) is 12.7. The van der Waals surface area contributed by atoms with Crippen molar-refractivity contribution in [3.05, 3.63) is 281 Å². The monoisotopic (exact) mass is 1320 g/mol. The van der Waals surface area contributed by atoms with Gasteiger partial charge in [0, 0.05) is 62.0 Å². The molecule has 0 saturated heterocycles. The normalized spacial score (nSPS) is 23.7. The smallest absolute Gasteiger partial charge is 0.111 e. The number of allylic oxidation sites excluding steroid dienone is 8. The van der Waals surface area contributed by atoms with Crippen molar-refractivity contribution < 1.29 is 0 Å². The van der Waals surface area contributed by atoms with Crippen LogP contribution in [0, 0.1) is 0 Å². The van der Waals surface area contributed by atoms with E-state index in [0.29, 0.717) is 0 Å². The molecule has 6 aromatic rings. The second kappa shape index (κ2) is 23.3. The molecule has 4 unspecified atom stereocenters. The Balaban J connectivity index is 1.07. The van der Waals surface area contributed by atoms with Gasteiger partial charge in [0.15, 0.2) is 0 Å². The van der Waals surface area contributed by atoms with Crippen LogP contribution in [0.15, 0.2) is 212 Å². The standard InChI is InChI=1S/C92H106N8/c1-85(2,3)55-37-51(38-56(45-55)86(4,5)6)79-69-29-25-65(93-69)67-27-31-73(95-67)81(53-41-59(89(13,14)15)47-60(42-53)90(16,17)18)77-49-63(83(99-77)75-35-33-71(79)97-75)64-50-78-82(54-43-61(91(19,20)21)48-62(44-54)92(22,23)24)74-32-28-68(96-74)66-26-30-70(94-66)80(72-34-36-76(98-72)84(64)100-78)52-39-57(87(7,8)9)46-58(40-52)88(10,11)12/h25-50,65,68,75,84,95,97-98,100H,1-24H3/b79-71-,80-70-,81-77-,82-78-. The summed E-state index contributed by atoms with van der Waals surface area (Å²) in [6.45, 7) is 55.8. The first-order valence-corrected chi connectivity index (χ1v) is 36.6. The fourth-order valence-electron chi connectivity index (χ4n) is 14.9. The molecule has 0 spiro atoms. The minimum atomic E-state index is -0.385. The van der Waals surface area contributed by atoms with Gasteiger partial charge in [0.2, 0.25) is 0 Å². The average molecular weight is 1320 g/mol. The van der Waals surface area contributed by atoms with E-state index in [0.717, 1.165) is 124 Å². The first-order chi connectivity index (χ1) is 46.5. The Hall–Kier alpha value is -8.88. The predicted molar refractivity (Wildman–Crippen MR) is 425 cm³/mol. The highest BCUT2D eigenvalue weighted by Gasteiger charge is 2.40. The zero-order chi connectivity index (χ0) is 71.7. The van der Waals surface area contributed by atoms with Crippen LogP contribution in [0.2, 0.25) is 0 Å². The van der Waals surface area contributed by atoms with Gasteiger partial charge in [-0.2, -0.15) is 0 Å². The summed E-state index contributed by atoms with van der Waals surface area (Å²) in [6, 6.07) is 36.9. The largest absolute Gasteiger partial charge is 0.373 e. The van der Waals surface area contributed by atoms with Crippen molar-refractivity contribution in [2.45, 2.75) is 234 Å². The highest BCUT2D eigenvalue weighted by Crippen LogP contribution is 2.48. The number of rotatable bonds is 5. The maximum atomic E-state index is 6.14. The topological polar surface area (TPSA) is 105 Å². The predicted octanol–water partition coefficient (Wildman–Crippen LogP) is 21.7. The van der Waals surface area contributed by atoms with Crippen LogP contribution in [0.1, 0.15) is 268 Å². The van der Waals surface area contributed by atoms with Crippen LogP contribution < -0.4 is 10.6 Å². The lowest BCUT2D eigenvalue weighted by Crippen LogP contribution is -2.32. The maximum absolute atomic E-state index is 6.14. The fraction of sp³-hybridized carbons (Fsp3) is 0.391. The van der Waals surface area contributed by atoms with E-state index >= 15 is 0 Å². The number of benzene rings is 4. The summed E-state index contributed by atoms with van der Waals surface area (Å²) in [7, 11) is 0. The molecular formula is C92H106N8. The minimum Gasteiger partial charge on any atom is -0.373 e. The molecular weight excluding hydrogens is 1220 g/mol. The molecule has 14 rings (SSSR count). The van der Waals surface area contributed by atoms with Crippen LogP contribution in [0.5, 0.6) is 0 Å². The van der Waals surface area contributed by atoms with Gasteiger partial charge in [-0.05, 0) is 182 Å². The number of aromatic nitrogens is 2. The summed E-state index contributed by atoms with van der Waals surface area (Å²) in [4.78, 5) is 31.4. The lowest BCUT2D eigenvalue weighted by molar-refractivity contribution is 0.567. The highest BCUT2D eigenvalue weighted by molar-refractivity contribution is 6.33. The Morgan fingerprint density at radius 1 is 0.330 bits per heavy atom. The van der Waals surface area contributed by atoms with Crippen LogP contribution in [0.25, 0.3) is 22.3 Å². The van der Waals surface area contributed by atoms with Crippen molar-refractivity contribution >= 4 is 45.1 Å². The van der Waals surface area contributed by atoms with E-state index in [9.17, 15) is 0 Å². The van der Waals surface area contributed by atoms with Crippen LogP contribution in [-0.2, 0) is 43.3 Å². The van der Waals surface area contributed by atoms with Crippen LogP contribution in [-0.4, -0.2) is 44.9 Å². The maximum Gasteiger partial charge on any atom is 0.111 e. The average Bonchev–Trinajstić information content (AvgIpc) is 1.57. The molecule has 4 atom stereocenters. The van der Waals surface area contributed by atoms with Crippen molar-refractivity contribution in [1.29, 1.82) is 0 Å². The van der Waals surface area contributed by atoms with Gasteiger partial charge in [0.25, 0.3) is 0 Å². The molecule has 2 aromatic heterocycles. The number of nitrogens with zero attached hydrogens (tertiary/aromatic N) is 4. The molecule has 4 N–H and O–H groups in total. The Morgan fingerprint density at radius 2 is 0.720 bits per heavy atom. The lowest BCUT2D eigenvalue weighted by atomic mass is 9.78. The highest BCUT2D eigenvalue weighted by atomic mass is 15.0. The molecule has 0 radical (unpaired) electrons. The molecule has 16 bridgehead atoms. The number of H-pyrrole nitrogens is 2. The number of aromatic amines is 2. The number of nitrogens with one attached hydrogen (secondary N) is 4. The molecule has 8 nitrogen and oxygen atoms in total. The van der Waals surface area contributed by atoms with Gasteiger partial charge in [0.1, 0.15) is 12.1 Å². The van der Waals surface area contributed by atoms with Crippen LogP contribution in [0.4, 0.5) is 0 Å². The number of hydrogen-bond acceptors (Lipinski definition) is 6. The van der Waals surface area contributed by atoms with Gasteiger partial charge in [0.05, 0.1) is 46.3 Å². The molecule has 0 amide bonds. The van der Waals surface area contributed by atoms with E-state index < -0.39 is 0 Å². The Bertz CT molecular complexity index is 4810. The van der Waals surface area contributed by atoms with Crippen molar-refractivity contribution in [2.24, 2.45) is 20.0 Å².